The van der Waals surface area contributed by atoms with Crippen LogP contribution in [0.2, 0.25) is 0 Å². The average molecular weight is 226 g/mol. The summed E-state index contributed by atoms with van der Waals surface area (Å²) in [6, 6.07) is 0. The molecule has 5 nitrogen and oxygen atoms in total. The van der Waals surface area contributed by atoms with E-state index in [1.54, 1.807) is 4.68 Å². The van der Waals surface area contributed by atoms with E-state index in [-0.39, 0.29) is 0 Å². The van der Waals surface area contributed by atoms with Crippen LogP contribution in [0.25, 0.3) is 0 Å². The van der Waals surface area contributed by atoms with E-state index in [2.05, 4.69) is 16.9 Å². The maximum Gasteiger partial charge on any atom is 0.376 e. The van der Waals surface area contributed by atoms with Crippen molar-refractivity contribution in [2.45, 2.75) is 40.2 Å². The standard InChI is InChI=1S/C11H18N2O3/c1-4-6-13-9(3)10(8-12-13)11(14)16-15-7-5-2/h8H,4-7H2,1-3H3. The van der Waals surface area contributed by atoms with E-state index >= 15 is 0 Å². The Kier molecular flexibility index (Phi) is 4.98. The minimum Gasteiger partial charge on any atom is -0.293 e. The van der Waals surface area contributed by atoms with Gasteiger partial charge in [-0.1, -0.05) is 13.8 Å². The molecule has 0 saturated carbocycles. The van der Waals surface area contributed by atoms with Crippen LogP contribution in [-0.4, -0.2) is 22.4 Å². The summed E-state index contributed by atoms with van der Waals surface area (Å²) in [5.41, 5.74) is 1.27. The molecule has 0 aliphatic carbocycles. The molecule has 1 rings (SSSR count). The van der Waals surface area contributed by atoms with Crippen LogP contribution < -0.4 is 0 Å². The first-order valence-corrected chi connectivity index (χ1v) is 5.56. The fourth-order valence-corrected chi connectivity index (χ4v) is 1.31. The number of nitrogens with zero attached hydrogens (tertiary/aromatic N) is 2. The van der Waals surface area contributed by atoms with Gasteiger partial charge >= 0.3 is 5.97 Å². The van der Waals surface area contributed by atoms with E-state index in [1.807, 2.05) is 13.8 Å². The van der Waals surface area contributed by atoms with Crippen molar-refractivity contribution in [1.29, 1.82) is 0 Å². The quantitative estimate of drug-likeness (QED) is 0.423. The summed E-state index contributed by atoms with van der Waals surface area (Å²) >= 11 is 0. The Labute approximate surface area is 95.3 Å². The summed E-state index contributed by atoms with van der Waals surface area (Å²) in [4.78, 5) is 20.9. The van der Waals surface area contributed by atoms with Crippen LogP contribution in [0.1, 0.15) is 42.7 Å². The molecule has 1 heterocycles. The van der Waals surface area contributed by atoms with E-state index in [0.717, 1.165) is 25.1 Å². The van der Waals surface area contributed by atoms with Gasteiger partial charge in [-0.3, -0.25) is 9.57 Å². The Morgan fingerprint density at radius 1 is 1.44 bits per heavy atom. The predicted molar refractivity (Wildman–Crippen MR) is 58.9 cm³/mol. The highest BCUT2D eigenvalue weighted by Gasteiger charge is 2.16. The molecule has 0 radical (unpaired) electrons. The van der Waals surface area contributed by atoms with Gasteiger partial charge in [0.05, 0.1) is 12.8 Å². The molecule has 0 aromatic carbocycles. The average Bonchev–Trinajstić information content (AvgIpc) is 2.62. The van der Waals surface area contributed by atoms with Crippen molar-refractivity contribution in [3.05, 3.63) is 17.5 Å². The normalized spacial score (nSPS) is 10.4. The van der Waals surface area contributed by atoms with Crippen LogP contribution in [0.15, 0.2) is 6.20 Å². The highest BCUT2D eigenvalue weighted by molar-refractivity contribution is 5.89. The van der Waals surface area contributed by atoms with Crippen molar-refractivity contribution in [3.63, 3.8) is 0 Å². The van der Waals surface area contributed by atoms with E-state index in [1.165, 1.54) is 6.20 Å². The van der Waals surface area contributed by atoms with Crippen molar-refractivity contribution < 1.29 is 14.6 Å². The molecule has 1 aromatic heterocycles. The first-order valence-electron chi connectivity index (χ1n) is 5.56. The van der Waals surface area contributed by atoms with Crippen molar-refractivity contribution in [2.75, 3.05) is 6.61 Å². The molecule has 0 atom stereocenters. The van der Waals surface area contributed by atoms with Gasteiger partial charge in [0.25, 0.3) is 0 Å². The minimum absolute atomic E-state index is 0.411. The molecule has 0 aliphatic heterocycles. The Morgan fingerprint density at radius 3 is 2.81 bits per heavy atom. The second-order valence-electron chi connectivity index (χ2n) is 3.56. The molecular formula is C11H18N2O3. The zero-order valence-electron chi connectivity index (χ0n) is 10.0. The van der Waals surface area contributed by atoms with Gasteiger partial charge < -0.3 is 0 Å². The first-order chi connectivity index (χ1) is 7.70. The molecule has 0 amide bonds. The van der Waals surface area contributed by atoms with Crippen LogP contribution in [0.3, 0.4) is 0 Å². The van der Waals surface area contributed by atoms with Gasteiger partial charge in [0.1, 0.15) is 5.56 Å². The molecule has 90 valence electrons. The number of aromatic nitrogens is 2. The van der Waals surface area contributed by atoms with Crippen LogP contribution in [0.5, 0.6) is 0 Å². The SMILES string of the molecule is CCCOOC(=O)c1cnn(CCC)c1C. The van der Waals surface area contributed by atoms with E-state index in [9.17, 15) is 4.79 Å². The van der Waals surface area contributed by atoms with E-state index in [4.69, 9.17) is 4.89 Å². The third kappa shape index (κ3) is 3.06. The molecule has 0 spiro atoms. The Morgan fingerprint density at radius 2 is 2.19 bits per heavy atom. The van der Waals surface area contributed by atoms with Crippen molar-refractivity contribution in [1.82, 2.24) is 9.78 Å². The fourth-order valence-electron chi connectivity index (χ4n) is 1.31. The molecule has 0 unspecified atom stereocenters. The van der Waals surface area contributed by atoms with Crippen molar-refractivity contribution in [3.8, 4) is 0 Å². The summed E-state index contributed by atoms with van der Waals surface area (Å²) in [5.74, 6) is -0.478. The zero-order chi connectivity index (χ0) is 12.0. The molecule has 0 saturated heterocycles. The van der Waals surface area contributed by atoms with E-state index in [0.29, 0.717) is 12.2 Å². The Balaban J connectivity index is 2.61. The minimum atomic E-state index is -0.478. The zero-order valence-corrected chi connectivity index (χ0v) is 10.0. The van der Waals surface area contributed by atoms with Crippen LogP contribution in [-0.2, 0) is 16.3 Å². The number of aryl methyl sites for hydroxylation is 1. The Bertz CT molecular complexity index is 347. The first kappa shape index (κ1) is 12.7. The van der Waals surface area contributed by atoms with Crippen LogP contribution in [0, 0.1) is 6.92 Å². The van der Waals surface area contributed by atoms with E-state index < -0.39 is 5.97 Å². The highest BCUT2D eigenvalue weighted by atomic mass is 17.2. The molecule has 0 N–H and O–H groups in total. The molecule has 5 heteroatoms. The lowest BCUT2D eigenvalue weighted by Gasteiger charge is -2.03. The lowest BCUT2D eigenvalue weighted by atomic mass is 10.3. The Hall–Kier alpha value is -1.36. The molecule has 16 heavy (non-hydrogen) atoms. The van der Waals surface area contributed by atoms with Gasteiger partial charge in [-0.15, -0.1) is 0 Å². The highest BCUT2D eigenvalue weighted by Crippen LogP contribution is 2.09. The second kappa shape index (κ2) is 6.27. The van der Waals surface area contributed by atoms with Gasteiger partial charge in [-0.05, 0) is 19.8 Å². The molecule has 1 aromatic rings. The third-order valence-corrected chi connectivity index (χ3v) is 2.18. The summed E-state index contributed by atoms with van der Waals surface area (Å²) in [6.07, 6.45) is 3.30. The lowest BCUT2D eigenvalue weighted by molar-refractivity contribution is -0.240. The number of carbonyl (C=O) groups excluding carboxylic acids is 1. The molecular weight excluding hydrogens is 208 g/mol. The maximum atomic E-state index is 11.6. The van der Waals surface area contributed by atoms with Crippen LogP contribution >= 0.6 is 0 Å². The number of hydrogen-bond acceptors (Lipinski definition) is 4. The number of rotatable bonds is 6. The molecule has 0 fully saturated rings. The summed E-state index contributed by atoms with van der Waals surface area (Å²) in [5, 5.41) is 4.12. The third-order valence-electron chi connectivity index (χ3n) is 2.18. The topological polar surface area (TPSA) is 53.4 Å². The van der Waals surface area contributed by atoms with Gasteiger partial charge in [0.2, 0.25) is 0 Å². The second-order valence-corrected chi connectivity index (χ2v) is 3.56. The van der Waals surface area contributed by atoms with Crippen molar-refractivity contribution >= 4 is 5.97 Å². The summed E-state index contributed by atoms with van der Waals surface area (Å²) < 4.78 is 1.79. The van der Waals surface area contributed by atoms with Crippen molar-refractivity contribution in [2.24, 2.45) is 0 Å². The molecule has 0 aliphatic rings. The number of carbonyl (C=O) groups is 1. The fraction of sp³-hybridized carbons (Fsp3) is 0.636. The summed E-state index contributed by atoms with van der Waals surface area (Å²) in [7, 11) is 0. The molecule has 0 bridgehead atoms. The largest absolute Gasteiger partial charge is 0.376 e. The monoisotopic (exact) mass is 226 g/mol. The van der Waals surface area contributed by atoms with Gasteiger partial charge in [0, 0.05) is 12.2 Å². The summed E-state index contributed by atoms with van der Waals surface area (Å²) in [6.45, 7) is 7.06. The predicted octanol–water partition coefficient (Wildman–Crippen LogP) is 2.10. The smallest absolute Gasteiger partial charge is 0.293 e. The van der Waals surface area contributed by atoms with Gasteiger partial charge in [-0.25, -0.2) is 4.79 Å². The maximum absolute atomic E-state index is 11.6. The van der Waals surface area contributed by atoms with Gasteiger partial charge in [0.15, 0.2) is 0 Å². The number of hydrogen-bond donors (Lipinski definition) is 0. The van der Waals surface area contributed by atoms with Gasteiger partial charge in [-0.2, -0.15) is 9.99 Å². The van der Waals surface area contributed by atoms with Crippen LogP contribution in [0.4, 0.5) is 0 Å². The lowest BCUT2D eigenvalue weighted by Crippen LogP contribution is -2.09.